The Labute approximate surface area is 115 Å². The highest BCUT2D eigenvalue weighted by atomic mass is 79.9. The van der Waals surface area contributed by atoms with Crippen molar-refractivity contribution in [2.24, 2.45) is 0 Å². The Morgan fingerprint density at radius 2 is 2.56 bits per heavy atom. The van der Waals surface area contributed by atoms with Crippen molar-refractivity contribution >= 4 is 21.8 Å². The van der Waals surface area contributed by atoms with Gasteiger partial charge in [0.25, 0.3) is 0 Å². The van der Waals surface area contributed by atoms with E-state index in [0.29, 0.717) is 0 Å². The lowest BCUT2D eigenvalue weighted by Gasteiger charge is -2.19. The summed E-state index contributed by atoms with van der Waals surface area (Å²) in [5, 5.41) is 7.19. The minimum Gasteiger partial charge on any atom is -0.376 e. The van der Waals surface area contributed by atoms with Crippen LogP contribution in [0.4, 0.5) is 0 Å². The van der Waals surface area contributed by atoms with Gasteiger partial charge in [0.1, 0.15) is 6.54 Å². The van der Waals surface area contributed by atoms with Crippen LogP contribution in [0.1, 0.15) is 25.5 Å². The molecule has 0 unspecified atom stereocenters. The summed E-state index contributed by atoms with van der Waals surface area (Å²) in [5.74, 6) is -0.0343. The third kappa shape index (κ3) is 3.32. The number of aromatic nitrogens is 2. The molecule has 1 amide bonds. The number of rotatable bonds is 4. The lowest BCUT2D eigenvalue weighted by atomic mass is 10.1. The second kappa shape index (κ2) is 5.84. The first-order chi connectivity index (χ1) is 8.56. The van der Waals surface area contributed by atoms with Crippen LogP contribution in [0.25, 0.3) is 0 Å². The van der Waals surface area contributed by atoms with Gasteiger partial charge in [-0.15, -0.1) is 0 Å². The molecule has 2 rings (SSSR count). The van der Waals surface area contributed by atoms with Crippen LogP contribution >= 0.6 is 15.9 Å². The standard InChI is InChI=1S/C12H18BrN3O2/c1-8-10(13)6-16(15-8)7-12(17)14-9(2)11-4-3-5-18-11/h6,9,11H,3-5,7H2,1-2H3,(H,14,17)/t9-,11+/m0/s1. The summed E-state index contributed by atoms with van der Waals surface area (Å²) in [4.78, 5) is 11.9. The highest BCUT2D eigenvalue weighted by molar-refractivity contribution is 9.10. The van der Waals surface area contributed by atoms with E-state index in [4.69, 9.17) is 4.74 Å². The van der Waals surface area contributed by atoms with Crippen molar-refractivity contribution < 1.29 is 9.53 Å². The fourth-order valence-electron chi connectivity index (χ4n) is 2.11. The summed E-state index contributed by atoms with van der Waals surface area (Å²) in [6.07, 6.45) is 4.07. The van der Waals surface area contributed by atoms with Gasteiger partial charge in [0.05, 0.1) is 22.3 Å². The van der Waals surface area contributed by atoms with E-state index in [1.54, 1.807) is 4.68 Å². The van der Waals surface area contributed by atoms with E-state index >= 15 is 0 Å². The zero-order chi connectivity index (χ0) is 13.1. The first kappa shape index (κ1) is 13.5. The van der Waals surface area contributed by atoms with E-state index in [2.05, 4.69) is 26.3 Å². The van der Waals surface area contributed by atoms with Crippen LogP contribution in [-0.4, -0.2) is 34.4 Å². The summed E-state index contributed by atoms with van der Waals surface area (Å²) in [6.45, 7) is 4.92. The predicted octanol–water partition coefficient (Wildman–Crippen LogP) is 1.64. The smallest absolute Gasteiger partial charge is 0.242 e. The molecule has 0 spiro atoms. The molecular weight excluding hydrogens is 298 g/mol. The summed E-state index contributed by atoms with van der Waals surface area (Å²) in [6, 6.07) is 0.0556. The van der Waals surface area contributed by atoms with Crippen molar-refractivity contribution in [3.63, 3.8) is 0 Å². The van der Waals surface area contributed by atoms with Crippen molar-refractivity contribution in [2.45, 2.75) is 45.4 Å². The molecule has 0 aliphatic carbocycles. The SMILES string of the molecule is Cc1nn(CC(=O)N[C@@H](C)[C@H]2CCCO2)cc1Br. The number of nitrogens with one attached hydrogen (secondary N) is 1. The lowest BCUT2D eigenvalue weighted by molar-refractivity contribution is -0.123. The molecule has 1 aliphatic heterocycles. The van der Waals surface area contributed by atoms with E-state index < -0.39 is 0 Å². The molecule has 18 heavy (non-hydrogen) atoms. The second-order valence-corrected chi connectivity index (χ2v) is 5.52. The Bertz CT molecular complexity index is 407. The van der Waals surface area contributed by atoms with Crippen LogP contribution in [0, 0.1) is 6.92 Å². The van der Waals surface area contributed by atoms with Crippen molar-refractivity contribution in [1.29, 1.82) is 0 Å². The largest absolute Gasteiger partial charge is 0.376 e. The number of hydrogen-bond acceptors (Lipinski definition) is 3. The zero-order valence-electron chi connectivity index (χ0n) is 10.6. The van der Waals surface area contributed by atoms with Crippen LogP contribution in [0.5, 0.6) is 0 Å². The molecule has 0 radical (unpaired) electrons. The fourth-order valence-corrected chi connectivity index (χ4v) is 2.43. The Morgan fingerprint density at radius 1 is 1.78 bits per heavy atom. The van der Waals surface area contributed by atoms with Gasteiger partial charge in [-0.05, 0) is 42.6 Å². The quantitative estimate of drug-likeness (QED) is 0.919. The van der Waals surface area contributed by atoms with Gasteiger partial charge >= 0.3 is 0 Å². The lowest BCUT2D eigenvalue weighted by Crippen LogP contribution is -2.42. The van der Waals surface area contributed by atoms with Crippen molar-refractivity contribution in [3.8, 4) is 0 Å². The van der Waals surface area contributed by atoms with Crippen molar-refractivity contribution in [1.82, 2.24) is 15.1 Å². The zero-order valence-corrected chi connectivity index (χ0v) is 12.2. The molecule has 0 aromatic carbocycles. The average Bonchev–Trinajstić information content (AvgIpc) is 2.89. The number of carbonyl (C=O) groups is 1. The number of carbonyl (C=O) groups excluding carboxylic acids is 1. The van der Waals surface area contributed by atoms with Gasteiger partial charge in [-0.1, -0.05) is 0 Å². The molecule has 6 heteroatoms. The summed E-state index contributed by atoms with van der Waals surface area (Å²) in [7, 11) is 0. The highest BCUT2D eigenvalue weighted by Crippen LogP contribution is 2.15. The van der Waals surface area contributed by atoms with Crippen molar-refractivity contribution in [2.75, 3.05) is 6.61 Å². The first-order valence-corrected chi connectivity index (χ1v) is 6.96. The van der Waals surface area contributed by atoms with Crippen molar-refractivity contribution in [3.05, 3.63) is 16.4 Å². The third-order valence-electron chi connectivity index (χ3n) is 3.10. The van der Waals surface area contributed by atoms with Gasteiger partial charge in [0.2, 0.25) is 5.91 Å². The monoisotopic (exact) mass is 315 g/mol. The molecule has 1 N–H and O–H groups in total. The van der Waals surface area contributed by atoms with Gasteiger partial charge in [0.15, 0.2) is 0 Å². The second-order valence-electron chi connectivity index (χ2n) is 4.67. The van der Waals surface area contributed by atoms with Crippen LogP contribution in [0.2, 0.25) is 0 Å². The molecule has 1 aromatic rings. The molecule has 2 heterocycles. The normalized spacial score (nSPS) is 20.9. The number of aryl methyl sites for hydroxylation is 1. The van der Waals surface area contributed by atoms with Gasteiger partial charge in [-0.25, -0.2) is 0 Å². The third-order valence-corrected chi connectivity index (χ3v) is 3.88. The molecule has 1 aliphatic rings. The minimum atomic E-state index is -0.0343. The van der Waals surface area contributed by atoms with Gasteiger partial charge in [0, 0.05) is 12.8 Å². The molecule has 5 nitrogen and oxygen atoms in total. The van der Waals surface area contributed by atoms with Gasteiger partial charge < -0.3 is 10.1 Å². The Kier molecular flexibility index (Phi) is 4.40. The molecule has 1 saturated heterocycles. The summed E-state index contributed by atoms with van der Waals surface area (Å²) in [5.41, 5.74) is 0.884. The minimum absolute atomic E-state index is 0.0343. The van der Waals surface area contributed by atoms with E-state index in [9.17, 15) is 4.79 Å². The summed E-state index contributed by atoms with van der Waals surface area (Å²) >= 11 is 3.38. The molecule has 100 valence electrons. The number of amides is 1. The maximum Gasteiger partial charge on any atom is 0.242 e. The van der Waals surface area contributed by atoms with E-state index in [-0.39, 0.29) is 24.6 Å². The van der Waals surface area contributed by atoms with Gasteiger partial charge in [-0.3, -0.25) is 9.48 Å². The maximum absolute atomic E-state index is 11.9. The number of hydrogen-bond donors (Lipinski definition) is 1. The molecule has 0 bridgehead atoms. The Morgan fingerprint density at radius 3 is 3.11 bits per heavy atom. The molecule has 2 atom stereocenters. The molecule has 1 fully saturated rings. The number of nitrogens with zero attached hydrogens (tertiary/aromatic N) is 2. The van der Waals surface area contributed by atoms with Gasteiger partial charge in [-0.2, -0.15) is 5.10 Å². The van der Waals surface area contributed by atoms with Crippen LogP contribution in [-0.2, 0) is 16.1 Å². The topological polar surface area (TPSA) is 56.2 Å². The van der Waals surface area contributed by atoms with Crippen LogP contribution in [0.3, 0.4) is 0 Å². The molecule has 0 saturated carbocycles. The highest BCUT2D eigenvalue weighted by Gasteiger charge is 2.23. The average molecular weight is 316 g/mol. The predicted molar refractivity (Wildman–Crippen MR) is 71.2 cm³/mol. The van der Waals surface area contributed by atoms with E-state index in [0.717, 1.165) is 29.6 Å². The fraction of sp³-hybridized carbons (Fsp3) is 0.667. The number of halogens is 1. The van der Waals surface area contributed by atoms with Crippen LogP contribution in [0.15, 0.2) is 10.7 Å². The van der Waals surface area contributed by atoms with Crippen LogP contribution < -0.4 is 5.32 Å². The number of ether oxygens (including phenoxy) is 1. The molecule has 1 aromatic heterocycles. The Hall–Kier alpha value is -0.880. The molecular formula is C12H18BrN3O2. The van der Waals surface area contributed by atoms with E-state index in [1.165, 1.54) is 0 Å². The first-order valence-electron chi connectivity index (χ1n) is 6.17. The summed E-state index contributed by atoms with van der Waals surface area (Å²) < 4.78 is 8.10. The van der Waals surface area contributed by atoms with E-state index in [1.807, 2.05) is 20.0 Å². The Balaban J connectivity index is 1.84. The maximum atomic E-state index is 11.9.